The van der Waals surface area contributed by atoms with Crippen molar-refractivity contribution < 1.29 is 5.11 Å². The quantitative estimate of drug-likeness (QED) is 0.403. The number of rotatable bonds is 4. The lowest BCUT2D eigenvalue weighted by Gasteiger charge is -2.20. The first-order chi connectivity index (χ1) is 15.2. The van der Waals surface area contributed by atoms with Gasteiger partial charge in [-0.3, -0.25) is 9.36 Å². The van der Waals surface area contributed by atoms with Crippen LogP contribution < -0.4 is 5.56 Å². The van der Waals surface area contributed by atoms with Crippen LogP contribution in [0.2, 0.25) is 5.02 Å². The van der Waals surface area contributed by atoms with Crippen LogP contribution in [0, 0.1) is 0 Å². The molecule has 0 unspecified atom stereocenters. The number of aromatic nitrogens is 2. The van der Waals surface area contributed by atoms with Crippen molar-refractivity contribution in [2.75, 3.05) is 0 Å². The molecule has 4 aromatic rings. The summed E-state index contributed by atoms with van der Waals surface area (Å²) in [5.74, 6) is 0.00242. The van der Waals surface area contributed by atoms with E-state index in [9.17, 15) is 9.90 Å². The van der Waals surface area contributed by atoms with Crippen molar-refractivity contribution in [3.8, 4) is 28.4 Å². The van der Waals surface area contributed by atoms with Gasteiger partial charge in [-0.05, 0) is 33.7 Å². The van der Waals surface area contributed by atoms with Crippen LogP contribution in [0.25, 0.3) is 22.5 Å². The summed E-state index contributed by atoms with van der Waals surface area (Å²) in [6, 6.07) is 24.7. The predicted molar refractivity (Wildman–Crippen MR) is 130 cm³/mol. The molecule has 162 valence electrons. The molecule has 1 heterocycles. The summed E-state index contributed by atoms with van der Waals surface area (Å²) in [5, 5.41) is 10.6. The van der Waals surface area contributed by atoms with Gasteiger partial charge in [0.25, 0.3) is 5.56 Å². The smallest absolute Gasteiger partial charge is 0.257 e. The molecule has 3 aromatic carbocycles. The number of hydrogen-bond acceptors (Lipinski definition) is 3. The Balaban J connectivity index is 1.87. The average molecular weight is 445 g/mol. The van der Waals surface area contributed by atoms with Gasteiger partial charge in [0.1, 0.15) is 5.82 Å². The average Bonchev–Trinajstić information content (AvgIpc) is 2.76. The minimum absolute atomic E-state index is 0.0444. The number of aromatic hydroxyl groups is 1. The van der Waals surface area contributed by atoms with E-state index in [2.05, 4.69) is 37.9 Å². The lowest BCUT2D eigenvalue weighted by molar-refractivity contribution is 0.448. The van der Waals surface area contributed by atoms with Crippen LogP contribution in [-0.4, -0.2) is 14.7 Å². The largest absolute Gasteiger partial charge is 0.493 e. The summed E-state index contributed by atoms with van der Waals surface area (Å²) in [4.78, 5) is 17.3. The molecule has 0 aliphatic heterocycles. The first-order valence-electron chi connectivity index (χ1n) is 10.5. The molecule has 0 atom stereocenters. The van der Waals surface area contributed by atoms with E-state index in [1.54, 1.807) is 10.6 Å². The molecule has 0 spiro atoms. The molecule has 0 radical (unpaired) electrons. The van der Waals surface area contributed by atoms with Gasteiger partial charge in [-0.25, -0.2) is 0 Å². The number of benzene rings is 3. The summed E-state index contributed by atoms with van der Waals surface area (Å²) < 4.78 is 1.56. The monoisotopic (exact) mass is 444 g/mol. The highest BCUT2D eigenvalue weighted by molar-refractivity contribution is 6.34. The normalized spacial score (nSPS) is 11.5. The van der Waals surface area contributed by atoms with Crippen molar-refractivity contribution >= 4 is 11.6 Å². The van der Waals surface area contributed by atoms with Crippen molar-refractivity contribution in [3.05, 3.63) is 105 Å². The summed E-state index contributed by atoms with van der Waals surface area (Å²) in [7, 11) is 0. The fraction of sp³-hybridized carbons (Fsp3) is 0.185. The Labute approximate surface area is 192 Å². The van der Waals surface area contributed by atoms with Gasteiger partial charge >= 0.3 is 0 Å². The van der Waals surface area contributed by atoms with Crippen LogP contribution in [0.3, 0.4) is 0 Å². The molecule has 1 aromatic heterocycles. The first kappa shape index (κ1) is 21.8. The van der Waals surface area contributed by atoms with Crippen molar-refractivity contribution in [2.45, 2.75) is 32.7 Å². The summed E-state index contributed by atoms with van der Waals surface area (Å²) in [5.41, 5.74) is 4.28. The van der Waals surface area contributed by atoms with Gasteiger partial charge in [0, 0.05) is 5.56 Å². The van der Waals surface area contributed by atoms with E-state index >= 15 is 0 Å². The summed E-state index contributed by atoms with van der Waals surface area (Å²) in [6.07, 6.45) is 0. The topological polar surface area (TPSA) is 55.1 Å². The number of halogens is 1. The second-order valence-electron chi connectivity index (χ2n) is 8.84. The Morgan fingerprint density at radius 1 is 0.938 bits per heavy atom. The SMILES string of the molecule is CC(C)(C)c1ccc(Cn2c(-c3c(Cl)cccc3-c3ccccc3)nc(O)cc2=O)cc1. The molecule has 4 nitrogen and oxygen atoms in total. The Morgan fingerprint density at radius 2 is 1.62 bits per heavy atom. The first-order valence-corrected chi connectivity index (χ1v) is 10.9. The van der Waals surface area contributed by atoms with Gasteiger partial charge < -0.3 is 5.11 Å². The van der Waals surface area contributed by atoms with Crippen molar-refractivity contribution in [1.82, 2.24) is 9.55 Å². The fourth-order valence-corrected chi connectivity index (χ4v) is 4.00. The molecule has 1 N–H and O–H groups in total. The van der Waals surface area contributed by atoms with E-state index in [1.807, 2.05) is 54.6 Å². The zero-order valence-electron chi connectivity index (χ0n) is 18.3. The highest BCUT2D eigenvalue weighted by atomic mass is 35.5. The Morgan fingerprint density at radius 3 is 2.28 bits per heavy atom. The van der Waals surface area contributed by atoms with Gasteiger partial charge in [-0.2, -0.15) is 4.98 Å². The minimum Gasteiger partial charge on any atom is -0.493 e. The highest BCUT2D eigenvalue weighted by Gasteiger charge is 2.19. The standard InChI is InChI=1S/C27H25ClN2O2/c1-27(2,3)20-14-12-18(13-15-20)17-30-24(32)16-23(31)29-26(30)25-21(10-7-11-22(25)28)19-8-5-4-6-9-19/h4-16,31H,17H2,1-3H3. The molecule has 0 saturated heterocycles. The van der Waals surface area contributed by atoms with Gasteiger partial charge in [0.05, 0.1) is 17.6 Å². The zero-order valence-corrected chi connectivity index (χ0v) is 19.1. The summed E-state index contributed by atoms with van der Waals surface area (Å²) in [6.45, 7) is 6.80. The van der Waals surface area contributed by atoms with E-state index in [0.717, 1.165) is 22.8 Å². The van der Waals surface area contributed by atoms with E-state index in [0.29, 0.717) is 23.0 Å². The molecule has 4 rings (SSSR count). The van der Waals surface area contributed by atoms with E-state index in [-0.39, 0.29) is 16.9 Å². The van der Waals surface area contributed by atoms with E-state index < -0.39 is 0 Å². The van der Waals surface area contributed by atoms with Crippen LogP contribution >= 0.6 is 11.6 Å². The van der Waals surface area contributed by atoms with Crippen molar-refractivity contribution in [1.29, 1.82) is 0 Å². The molecule has 0 saturated carbocycles. The molecular formula is C27H25ClN2O2. The maximum atomic E-state index is 12.9. The third kappa shape index (κ3) is 4.46. The molecule has 5 heteroatoms. The third-order valence-corrected chi connectivity index (χ3v) is 5.79. The second-order valence-corrected chi connectivity index (χ2v) is 9.24. The zero-order chi connectivity index (χ0) is 22.9. The van der Waals surface area contributed by atoms with Crippen LogP contribution in [-0.2, 0) is 12.0 Å². The molecule has 0 bridgehead atoms. The number of nitrogens with zero attached hydrogens (tertiary/aromatic N) is 2. The van der Waals surface area contributed by atoms with Gasteiger partial charge in [-0.15, -0.1) is 0 Å². The van der Waals surface area contributed by atoms with Gasteiger partial charge in [0.15, 0.2) is 0 Å². The molecular weight excluding hydrogens is 420 g/mol. The van der Waals surface area contributed by atoms with Crippen LogP contribution in [0.15, 0.2) is 83.7 Å². The molecule has 32 heavy (non-hydrogen) atoms. The van der Waals surface area contributed by atoms with Crippen LogP contribution in [0.4, 0.5) is 0 Å². The van der Waals surface area contributed by atoms with Gasteiger partial charge in [-0.1, -0.05) is 99.1 Å². The molecule has 0 fully saturated rings. The van der Waals surface area contributed by atoms with Crippen LogP contribution in [0.5, 0.6) is 5.88 Å². The highest BCUT2D eigenvalue weighted by Crippen LogP contribution is 2.37. The van der Waals surface area contributed by atoms with E-state index in [1.165, 1.54) is 5.56 Å². The Bertz CT molecular complexity index is 1300. The van der Waals surface area contributed by atoms with E-state index in [4.69, 9.17) is 11.6 Å². The molecule has 0 aliphatic carbocycles. The predicted octanol–water partition coefficient (Wildman–Crippen LogP) is 6.28. The molecule has 0 aliphatic rings. The molecule has 0 amide bonds. The second kappa shape index (κ2) is 8.64. The summed E-state index contributed by atoms with van der Waals surface area (Å²) >= 11 is 6.63. The Hall–Kier alpha value is -3.37. The van der Waals surface area contributed by atoms with Gasteiger partial charge in [0.2, 0.25) is 5.88 Å². The van der Waals surface area contributed by atoms with Crippen molar-refractivity contribution in [2.24, 2.45) is 0 Å². The fourth-order valence-electron chi connectivity index (χ4n) is 3.74. The van der Waals surface area contributed by atoms with Crippen LogP contribution in [0.1, 0.15) is 31.9 Å². The third-order valence-electron chi connectivity index (χ3n) is 5.48. The minimum atomic E-state index is -0.341. The lowest BCUT2D eigenvalue weighted by Crippen LogP contribution is -2.23. The number of hydrogen-bond donors (Lipinski definition) is 1. The van der Waals surface area contributed by atoms with Crippen molar-refractivity contribution in [3.63, 3.8) is 0 Å². The maximum absolute atomic E-state index is 12.9. The lowest BCUT2D eigenvalue weighted by atomic mass is 9.87. The maximum Gasteiger partial charge on any atom is 0.257 e. The Kier molecular flexibility index (Phi) is 5.90.